The Morgan fingerprint density at radius 2 is 0.793 bits per heavy atom. The van der Waals surface area contributed by atoms with E-state index in [0.717, 1.165) is 23.7 Å². The summed E-state index contributed by atoms with van der Waals surface area (Å²) < 4.78 is 0. The van der Waals surface area contributed by atoms with Crippen molar-refractivity contribution in [2.24, 2.45) is 45.3 Å². The predicted octanol–water partition coefficient (Wildman–Crippen LogP) is 10.2. The molecule has 174 valence electrons. The van der Waals surface area contributed by atoms with Crippen LogP contribution in [0, 0.1) is 45.3 Å². The molecule has 0 saturated heterocycles. The van der Waals surface area contributed by atoms with Gasteiger partial charge in [0.15, 0.2) is 0 Å². The first-order valence-electron chi connectivity index (χ1n) is 12.9. The van der Waals surface area contributed by atoms with Crippen LogP contribution >= 0.6 is 0 Å². The molecule has 0 aromatic carbocycles. The van der Waals surface area contributed by atoms with E-state index in [4.69, 9.17) is 0 Å². The number of rotatable bonds is 2. The lowest BCUT2D eigenvalue weighted by Gasteiger charge is -2.38. The lowest BCUT2D eigenvalue weighted by molar-refractivity contribution is 0.129. The maximum absolute atomic E-state index is 2.40. The van der Waals surface area contributed by atoms with Gasteiger partial charge in [-0.25, -0.2) is 0 Å². The summed E-state index contributed by atoms with van der Waals surface area (Å²) in [6.45, 7) is 28.7. The smallest absolute Gasteiger partial charge is 0.0354 e. The summed E-state index contributed by atoms with van der Waals surface area (Å²) in [5.74, 6) is 3.94. The van der Waals surface area contributed by atoms with Crippen LogP contribution in [0.5, 0.6) is 0 Å². The summed E-state index contributed by atoms with van der Waals surface area (Å²) in [7, 11) is 0. The Balaban J connectivity index is 0.000000291. The molecular formula is C29H58. The normalized spacial score (nSPS) is 29.4. The zero-order valence-corrected chi connectivity index (χ0v) is 22.7. The van der Waals surface area contributed by atoms with E-state index in [-0.39, 0.29) is 0 Å². The molecule has 0 heterocycles. The Morgan fingerprint density at radius 1 is 0.448 bits per heavy atom. The Kier molecular flexibility index (Phi) is 9.40. The van der Waals surface area contributed by atoms with E-state index in [1.54, 1.807) is 0 Å². The van der Waals surface area contributed by atoms with E-state index in [0.29, 0.717) is 21.7 Å². The topological polar surface area (TPSA) is 0 Å². The first-order valence-corrected chi connectivity index (χ1v) is 12.9. The summed E-state index contributed by atoms with van der Waals surface area (Å²) in [5, 5.41) is 0. The second-order valence-corrected chi connectivity index (χ2v) is 15.4. The lowest BCUT2D eigenvalue weighted by atomic mass is 9.67. The highest BCUT2D eigenvalue weighted by atomic mass is 14.4. The second-order valence-electron chi connectivity index (χ2n) is 15.4. The Labute approximate surface area is 186 Å². The van der Waals surface area contributed by atoms with Crippen molar-refractivity contribution in [3.8, 4) is 0 Å². The molecule has 2 unspecified atom stereocenters. The van der Waals surface area contributed by atoms with E-state index in [2.05, 4.69) is 83.1 Å². The van der Waals surface area contributed by atoms with Crippen LogP contribution < -0.4 is 0 Å². The summed E-state index contributed by atoms with van der Waals surface area (Å²) in [6.07, 6.45) is 13.1. The minimum atomic E-state index is 0.525. The Bertz CT molecular complexity index is 448. The van der Waals surface area contributed by atoms with Crippen molar-refractivity contribution in [1.82, 2.24) is 0 Å². The molecule has 2 aliphatic rings. The van der Waals surface area contributed by atoms with Crippen molar-refractivity contribution >= 4 is 0 Å². The van der Waals surface area contributed by atoms with Crippen LogP contribution in [0.15, 0.2) is 0 Å². The van der Waals surface area contributed by atoms with Gasteiger partial charge in [0.25, 0.3) is 0 Å². The molecule has 0 spiro atoms. The third-order valence-corrected chi connectivity index (χ3v) is 7.64. The van der Waals surface area contributed by atoms with Gasteiger partial charge in [-0.3, -0.25) is 0 Å². The molecule has 0 bridgehead atoms. The van der Waals surface area contributed by atoms with Crippen molar-refractivity contribution in [3.05, 3.63) is 0 Å². The summed E-state index contributed by atoms with van der Waals surface area (Å²) in [5.41, 5.74) is 2.12. The first-order chi connectivity index (χ1) is 12.9. The minimum Gasteiger partial charge on any atom is -0.0602 e. The van der Waals surface area contributed by atoms with Gasteiger partial charge in [-0.1, -0.05) is 102 Å². The molecule has 29 heavy (non-hydrogen) atoms. The van der Waals surface area contributed by atoms with Crippen molar-refractivity contribution < 1.29 is 0 Å². The van der Waals surface area contributed by atoms with Crippen molar-refractivity contribution in [1.29, 1.82) is 0 Å². The zero-order chi connectivity index (χ0) is 22.7. The number of hydrogen-bond donors (Lipinski definition) is 0. The van der Waals surface area contributed by atoms with Gasteiger partial charge in [0.05, 0.1) is 0 Å². The zero-order valence-electron chi connectivity index (χ0n) is 22.7. The molecule has 2 rings (SSSR count). The van der Waals surface area contributed by atoms with Gasteiger partial charge in [0, 0.05) is 0 Å². The van der Waals surface area contributed by atoms with Crippen LogP contribution in [0.3, 0.4) is 0 Å². The van der Waals surface area contributed by atoms with Crippen molar-refractivity contribution in [3.63, 3.8) is 0 Å². The van der Waals surface area contributed by atoms with Crippen LogP contribution in [0.4, 0.5) is 0 Å². The molecule has 0 aromatic rings. The van der Waals surface area contributed by atoms with Gasteiger partial charge in [-0.2, -0.15) is 0 Å². The molecule has 2 atom stereocenters. The van der Waals surface area contributed by atoms with Crippen molar-refractivity contribution in [2.45, 2.75) is 141 Å². The molecule has 0 radical (unpaired) electrons. The molecule has 2 saturated carbocycles. The quantitative estimate of drug-likeness (QED) is 0.427. The molecule has 0 N–H and O–H groups in total. The van der Waals surface area contributed by atoms with E-state index < -0.39 is 0 Å². The number of hydrogen-bond acceptors (Lipinski definition) is 0. The highest BCUT2D eigenvalue weighted by Crippen LogP contribution is 2.45. The fourth-order valence-corrected chi connectivity index (χ4v) is 6.01. The fraction of sp³-hybridized carbons (Fsp3) is 1.00. The van der Waals surface area contributed by atoms with Gasteiger partial charge in [-0.05, 0) is 83.9 Å². The first kappa shape index (κ1) is 27.0. The Hall–Kier alpha value is 0. The maximum atomic E-state index is 2.40. The van der Waals surface area contributed by atoms with Gasteiger partial charge < -0.3 is 0 Å². The SMILES string of the molecule is CC(C)(C)CC1CCC(C(C)(C)C)C1.CC(C)(C)CC1CCC(C(C)(C)C)CC1. The highest BCUT2D eigenvalue weighted by molar-refractivity contribution is 4.85. The van der Waals surface area contributed by atoms with Crippen LogP contribution in [0.25, 0.3) is 0 Å². The molecule has 0 heteroatoms. The van der Waals surface area contributed by atoms with E-state index in [1.807, 2.05) is 0 Å². The molecule has 2 fully saturated rings. The van der Waals surface area contributed by atoms with Crippen LogP contribution in [0.2, 0.25) is 0 Å². The standard InChI is InChI=1S/C15H30.C14H28/c1-14(2,3)11-12-7-9-13(10-8-12)15(4,5)6;1-13(2,3)10-11-7-8-12(9-11)14(4,5)6/h12-13H,7-11H2,1-6H3;11-12H,7-10H2,1-6H3. The average molecular weight is 407 g/mol. The molecule has 2 aliphatic carbocycles. The van der Waals surface area contributed by atoms with Gasteiger partial charge in [0.2, 0.25) is 0 Å². The predicted molar refractivity (Wildman–Crippen MR) is 133 cm³/mol. The maximum Gasteiger partial charge on any atom is -0.0354 e. The third-order valence-electron chi connectivity index (χ3n) is 7.64. The molecular weight excluding hydrogens is 348 g/mol. The lowest BCUT2D eigenvalue weighted by Crippen LogP contribution is -2.27. The van der Waals surface area contributed by atoms with Crippen LogP contribution in [0.1, 0.15) is 141 Å². The monoisotopic (exact) mass is 406 g/mol. The second kappa shape index (κ2) is 10.1. The molecule has 0 amide bonds. The highest BCUT2D eigenvalue weighted by Gasteiger charge is 2.34. The Morgan fingerprint density at radius 3 is 1.14 bits per heavy atom. The van der Waals surface area contributed by atoms with Crippen LogP contribution in [-0.4, -0.2) is 0 Å². The average Bonchev–Trinajstić information content (AvgIpc) is 2.92. The summed E-state index contributed by atoms with van der Waals surface area (Å²) >= 11 is 0. The van der Waals surface area contributed by atoms with E-state index in [9.17, 15) is 0 Å². The minimum absolute atomic E-state index is 0.525. The summed E-state index contributed by atoms with van der Waals surface area (Å²) in [4.78, 5) is 0. The molecule has 0 aliphatic heterocycles. The molecule has 0 aromatic heterocycles. The van der Waals surface area contributed by atoms with E-state index in [1.165, 1.54) is 57.8 Å². The van der Waals surface area contributed by atoms with Gasteiger partial charge in [-0.15, -0.1) is 0 Å². The fourth-order valence-electron chi connectivity index (χ4n) is 6.01. The van der Waals surface area contributed by atoms with E-state index >= 15 is 0 Å². The van der Waals surface area contributed by atoms with Crippen LogP contribution in [-0.2, 0) is 0 Å². The third kappa shape index (κ3) is 11.3. The van der Waals surface area contributed by atoms with Gasteiger partial charge >= 0.3 is 0 Å². The largest absolute Gasteiger partial charge is 0.0602 e. The molecule has 0 nitrogen and oxygen atoms in total. The summed E-state index contributed by atoms with van der Waals surface area (Å²) in [6, 6.07) is 0. The van der Waals surface area contributed by atoms with Crippen molar-refractivity contribution in [2.75, 3.05) is 0 Å². The van der Waals surface area contributed by atoms with Gasteiger partial charge in [0.1, 0.15) is 0 Å².